The van der Waals surface area contributed by atoms with Gasteiger partial charge in [-0.25, -0.2) is 9.18 Å². The first-order valence-electron chi connectivity index (χ1n) is 11.6. The van der Waals surface area contributed by atoms with E-state index in [1.165, 1.54) is 17.8 Å². The van der Waals surface area contributed by atoms with Gasteiger partial charge in [-0.05, 0) is 73.8 Å². The Morgan fingerprint density at radius 3 is 2.79 bits per heavy atom. The molecule has 0 saturated carbocycles. The van der Waals surface area contributed by atoms with Gasteiger partial charge in [0.15, 0.2) is 0 Å². The van der Waals surface area contributed by atoms with Crippen molar-refractivity contribution >= 4 is 11.7 Å². The zero-order valence-electron chi connectivity index (χ0n) is 19.0. The van der Waals surface area contributed by atoms with Crippen LogP contribution in [0.2, 0.25) is 0 Å². The number of hydrogen-bond donors (Lipinski definition) is 2. The second kappa shape index (κ2) is 9.27. The van der Waals surface area contributed by atoms with E-state index < -0.39 is 0 Å². The largest absolute Gasteiger partial charge is 0.336 e. The molecule has 0 spiro atoms. The lowest BCUT2D eigenvalue weighted by Crippen LogP contribution is -2.56. The van der Waals surface area contributed by atoms with Crippen molar-refractivity contribution in [3.8, 4) is 17.3 Å². The molecule has 3 aliphatic heterocycles. The number of aromatic nitrogens is 2. The summed E-state index contributed by atoms with van der Waals surface area (Å²) >= 11 is 0. The van der Waals surface area contributed by atoms with Crippen LogP contribution in [0.25, 0.3) is 11.3 Å². The Hall–Kier alpha value is -3.70. The van der Waals surface area contributed by atoms with E-state index in [1.807, 2.05) is 11.7 Å². The highest BCUT2D eigenvalue weighted by Gasteiger charge is 2.41. The molecule has 3 fully saturated rings. The van der Waals surface area contributed by atoms with Crippen molar-refractivity contribution in [2.75, 3.05) is 25.0 Å². The van der Waals surface area contributed by atoms with Crippen LogP contribution in [-0.2, 0) is 7.05 Å². The number of benzene rings is 2. The number of piperidine rings is 3. The summed E-state index contributed by atoms with van der Waals surface area (Å²) in [4.78, 5) is 14.9. The van der Waals surface area contributed by atoms with E-state index >= 15 is 0 Å². The van der Waals surface area contributed by atoms with Crippen LogP contribution in [0.1, 0.15) is 30.0 Å². The van der Waals surface area contributed by atoms with Crippen LogP contribution < -0.4 is 10.6 Å². The van der Waals surface area contributed by atoms with E-state index in [2.05, 4.69) is 27.7 Å². The average Bonchev–Trinajstić information content (AvgIpc) is 3.25. The molecule has 2 N–H and O–H groups in total. The van der Waals surface area contributed by atoms with Crippen molar-refractivity contribution in [2.24, 2.45) is 13.0 Å². The number of carbonyl (C=O) groups is 1. The lowest BCUT2D eigenvalue weighted by molar-refractivity contribution is 0.0296. The normalized spacial score (nSPS) is 23.3. The summed E-state index contributed by atoms with van der Waals surface area (Å²) < 4.78 is 15.3. The molecule has 3 aliphatic rings. The molecule has 1 aromatic heterocycles. The van der Waals surface area contributed by atoms with Crippen molar-refractivity contribution in [1.82, 2.24) is 20.0 Å². The summed E-state index contributed by atoms with van der Waals surface area (Å²) in [5.41, 5.74) is 4.10. The molecular weight excluding hydrogens is 431 g/mol. The van der Waals surface area contributed by atoms with Gasteiger partial charge in [0, 0.05) is 49.0 Å². The number of carbonyl (C=O) groups excluding carboxylic acids is 1. The first-order chi connectivity index (χ1) is 16.5. The molecule has 34 heavy (non-hydrogen) atoms. The Bertz CT molecular complexity index is 1230. The summed E-state index contributed by atoms with van der Waals surface area (Å²) in [6.07, 6.45) is 2.15. The average molecular weight is 459 g/mol. The van der Waals surface area contributed by atoms with Gasteiger partial charge >= 0.3 is 6.03 Å². The number of aryl methyl sites for hydroxylation is 1. The molecule has 7 nitrogen and oxygen atoms in total. The number of nitrogens with one attached hydrogen (secondary N) is 2. The molecule has 2 aromatic carbocycles. The van der Waals surface area contributed by atoms with E-state index in [-0.39, 0.29) is 11.8 Å². The van der Waals surface area contributed by atoms with Crippen molar-refractivity contribution in [2.45, 2.75) is 24.8 Å². The van der Waals surface area contributed by atoms with Gasteiger partial charge in [0.25, 0.3) is 0 Å². The molecule has 8 heteroatoms. The maximum absolute atomic E-state index is 13.3. The number of rotatable bonds is 5. The van der Waals surface area contributed by atoms with Crippen LogP contribution in [0.4, 0.5) is 14.9 Å². The fourth-order valence-electron chi connectivity index (χ4n) is 5.33. The number of anilines is 1. The Kier molecular flexibility index (Phi) is 6.03. The predicted molar refractivity (Wildman–Crippen MR) is 128 cm³/mol. The first kappa shape index (κ1) is 22.1. The van der Waals surface area contributed by atoms with Crippen LogP contribution in [0.15, 0.2) is 54.6 Å². The lowest BCUT2D eigenvalue weighted by Gasteiger charge is -2.49. The summed E-state index contributed by atoms with van der Waals surface area (Å²) in [5, 5.41) is 19.5. The van der Waals surface area contributed by atoms with E-state index in [4.69, 9.17) is 10.4 Å². The first-order valence-corrected chi connectivity index (χ1v) is 11.6. The van der Waals surface area contributed by atoms with Crippen molar-refractivity contribution in [3.63, 3.8) is 0 Å². The van der Waals surface area contributed by atoms with Crippen LogP contribution in [-0.4, -0.2) is 46.4 Å². The third-order valence-corrected chi connectivity index (χ3v) is 7.06. The van der Waals surface area contributed by atoms with Gasteiger partial charge in [-0.2, -0.15) is 10.4 Å². The number of urea groups is 1. The van der Waals surface area contributed by atoms with Crippen molar-refractivity contribution < 1.29 is 9.18 Å². The van der Waals surface area contributed by atoms with Crippen molar-refractivity contribution in [1.29, 1.82) is 5.26 Å². The van der Waals surface area contributed by atoms with Gasteiger partial charge in [0.1, 0.15) is 5.82 Å². The Morgan fingerprint density at radius 1 is 1.24 bits per heavy atom. The second-order valence-electron chi connectivity index (χ2n) is 9.15. The predicted octanol–water partition coefficient (Wildman–Crippen LogP) is 4.10. The minimum atomic E-state index is -0.259. The maximum Gasteiger partial charge on any atom is 0.319 e. The number of halogens is 1. The quantitative estimate of drug-likeness (QED) is 0.603. The number of nitrogens with zero attached hydrogens (tertiary/aromatic N) is 4. The van der Waals surface area contributed by atoms with Crippen LogP contribution in [0.3, 0.4) is 0 Å². The number of hydrogen-bond acceptors (Lipinski definition) is 4. The maximum atomic E-state index is 13.3. The highest BCUT2D eigenvalue weighted by molar-refractivity contribution is 5.89. The Balaban J connectivity index is 1.20. The summed E-state index contributed by atoms with van der Waals surface area (Å²) in [6.45, 7) is 2.55. The van der Waals surface area contributed by atoms with Crippen LogP contribution in [0, 0.1) is 23.1 Å². The van der Waals surface area contributed by atoms with Gasteiger partial charge in [-0.3, -0.25) is 9.58 Å². The Morgan fingerprint density at radius 2 is 2.06 bits per heavy atom. The van der Waals surface area contributed by atoms with Gasteiger partial charge < -0.3 is 10.6 Å². The van der Waals surface area contributed by atoms with Crippen LogP contribution in [0.5, 0.6) is 0 Å². The molecule has 4 heterocycles. The minimum absolute atomic E-state index is 0.249. The zero-order valence-corrected chi connectivity index (χ0v) is 19.0. The molecule has 174 valence electrons. The minimum Gasteiger partial charge on any atom is -0.336 e. The van der Waals surface area contributed by atoms with E-state index in [0.717, 1.165) is 37.2 Å². The molecule has 0 aliphatic carbocycles. The molecular formula is C26H27FN6O. The van der Waals surface area contributed by atoms with E-state index in [9.17, 15) is 9.18 Å². The fourth-order valence-corrected chi connectivity index (χ4v) is 5.33. The van der Waals surface area contributed by atoms with Gasteiger partial charge in [-0.15, -0.1) is 0 Å². The third kappa shape index (κ3) is 4.52. The molecule has 2 bridgehead atoms. The molecule has 1 unspecified atom stereocenters. The molecule has 6 rings (SSSR count). The molecule has 3 saturated heterocycles. The smallest absolute Gasteiger partial charge is 0.319 e. The molecule has 0 radical (unpaired) electrons. The number of amides is 2. The summed E-state index contributed by atoms with van der Waals surface area (Å²) in [6, 6.07) is 17.6. The highest BCUT2D eigenvalue weighted by Crippen LogP contribution is 2.42. The molecule has 3 aromatic rings. The Labute approximate surface area is 198 Å². The number of fused-ring (bicyclic) bond motifs is 3. The third-order valence-electron chi connectivity index (χ3n) is 7.06. The lowest BCUT2D eigenvalue weighted by atomic mass is 9.74. The van der Waals surface area contributed by atoms with Crippen molar-refractivity contribution in [3.05, 3.63) is 71.7 Å². The van der Waals surface area contributed by atoms with E-state index in [1.54, 1.807) is 36.4 Å². The van der Waals surface area contributed by atoms with Gasteiger partial charge in [0.05, 0.1) is 17.3 Å². The number of nitriles is 1. The van der Waals surface area contributed by atoms with Gasteiger partial charge in [0.2, 0.25) is 0 Å². The zero-order chi connectivity index (χ0) is 23.7. The SMILES string of the molecule is Cn1nc(-c2ccc(F)cc2)cc1[C@H]1CN2CC[C@H]1C[C@@H]2CNC(=O)Nc1cccc(C#N)c1. The van der Waals surface area contributed by atoms with E-state index in [0.29, 0.717) is 35.7 Å². The monoisotopic (exact) mass is 458 g/mol. The second-order valence-corrected chi connectivity index (χ2v) is 9.15. The van der Waals surface area contributed by atoms with Gasteiger partial charge in [-0.1, -0.05) is 6.07 Å². The summed E-state index contributed by atoms with van der Waals surface area (Å²) in [7, 11) is 1.98. The molecule has 4 atom stereocenters. The highest BCUT2D eigenvalue weighted by atomic mass is 19.1. The topological polar surface area (TPSA) is 86.0 Å². The standard InChI is InChI=1S/C26H27FN6O/c1-32-25(13-24(31-32)18-5-7-20(27)8-6-18)23-16-33-10-9-19(23)12-22(33)15-29-26(34)30-21-4-2-3-17(11-21)14-28/h2-8,11,13,19,22-23H,9-10,12,15-16H2,1H3,(H2,29,30,34)/t19-,22+,23-/m0/s1. The summed E-state index contributed by atoms with van der Waals surface area (Å²) in [5.74, 6) is 0.671. The molecule has 2 amide bonds. The van der Waals surface area contributed by atoms with Crippen LogP contribution >= 0.6 is 0 Å². The fraction of sp³-hybridized carbons (Fsp3) is 0.346.